The molecule has 1 atom stereocenters. The van der Waals surface area contributed by atoms with Crippen molar-refractivity contribution in [2.45, 2.75) is 57.6 Å². The summed E-state index contributed by atoms with van der Waals surface area (Å²) in [6.07, 6.45) is 5.82. The second kappa shape index (κ2) is 8.15. The molecule has 1 amide bonds. The highest BCUT2D eigenvalue weighted by Crippen LogP contribution is 2.25. The van der Waals surface area contributed by atoms with E-state index in [1.165, 1.54) is 0 Å². The maximum atomic E-state index is 12.5. The summed E-state index contributed by atoms with van der Waals surface area (Å²) in [5, 5.41) is 3.21. The molecule has 1 heterocycles. The quantitative estimate of drug-likeness (QED) is 0.896. The van der Waals surface area contributed by atoms with Gasteiger partial charge >= 0.3 is 0 Å². The highest BCUT2D eigenvalue weighted by molar-refractivity contribution is 5.83. The molecule has 25 heavy (non-hydrogen) atoms. The molecule has 1 aromatic heterocycles. The van der Waals surface area contributed by atoms with Crippen LogP contribution in [0.4, 0.5) is 0 Å². The van der Waals surface area contributed by atoms with Gasteiger partial charge in [0.25, 0.3) is 0 Å². The fourth-order valence-electron chi connectivity index (χ4n) is 3.32. The van der Waals surface area contributed by atoms with Gasteiger partial charge in [0.05, 0.1) is 17.7 Å². The Morgan fingerprint density at radius 2 is 1.84 bits per heavy atom. The Kier molecular flexibility index (Phi) is 5.69. The van der Waals surface area contributed by atoms with Gasteiger partial charge < -0.3 is 10.1 Å². The number of ether oxygens (including phenoxy) is 1. The average Bonchev–Trinajstić information content (AvgIpc) is 2.65. The van der Waals surface area contributed by atoms with Crippen molar-refractivity contribution in [3.63, 3.8) is 0 Å². The first-order valence-corrected chi connectivity index (χ1v) is 9.07. The van der Waals surface area contributed by atoms with Gasteiger partial charge in [-0.05, 0) is 57.2 Å². The third kappa shape index (κ3) is 4.59. The van der Waals surface area contributed by atoms with Gasteiger partial charge in [0, 0.05) is 12.2 Å². The molecule has 1 aromatic carbocycles. The summed E-state index contributed by atoms with van der Waals surface area (Å²) in [6.45, 7) is 3.93. The van der Waals surface area contributed by atoms with Crippen LogP contribution >= 0.6 is 0 Å². The number of amides is 1. The van der Waals surface area contributed by atoms with E-state index in [0.717, 1.165) is 42.7 Å². The van der Waals surface area contributed by atoms with Crippen molar-refractivity contribution in [1.82, 2.24) is 10.3 Å². The zero-order valence-electron chi connectivity index (χ0n) is 14.9. The highest BCUT2D eigenvalue weighted by atomic mass is 16.5. The summed E-state index contributed by atoms with van der Waals surface area (Å²) in [7, 11) is 0. The van der Waals surface area contributed by atoms with E-state index in [2.05, 4.69) is 10.3 Å². The Balaban J connectivity index is 1.48. The summed E-state index contributed by atoms with van der Waals surface area (Å²) < 4.78 is 6.08. The van der Waals surface area contributed by atoms with Crippen molar-refractivity contribution < 1.29 is 9.53 Å². The minimum absolute atomic E-state index is 0.110. The van der Waals surface area contributed by atoms with E-state index in [9.17, 15) is 4.79 Å². The van der Waals surface area contributed by atoms with E-state index in [1.54, 1.807) is 6.20 Å². The lowest BCUT2D eigenvalue weighted by atomic mass is 9.92. The van der Waals surface area contributed by atoms with Crippen molar-refractivity contribution in [3.8, 4) is 5.75 Å². The van der Waals surface area contributed by atoms with Crippen LogP contribution in [0, 0.1) is 6.92 Å². The maximum Gasteiger partial charge on any atom is 0.227 e. The minimum Gasteiger partial charge on any atom is -0.489 e. The van der Waals surface area contributed by atoms with Crippen LogP contribution in [-0.4, -0.2) is 23.0 Å². The largest absolute Gasteiger partial charge is 0.489 e. The van der Waals surface area contributed by atoms with E-state index in [0.29, 0.717) is 0 Å². The first-order valence-electron chi connectivity index (χ1n) is 9.07. The van der Waals surface area contributed by atoms with E-state index >= 15 is 0 Å². The van der Waals surface area contributed by atoms with Crippen LogP contribution in [0.15, 0.2) is 48.7 Å². The second-order valence-electron chi connectivity index (χ2n) is 6.82. The molecule has 2 aromatic rings. The first kappa shape index (κ1) is 17.5. The van der Waals surface area contributed by atoms with Crippen LogP contribution in [0.3, 0.4) is 0 Å². The number of hydrogen-bond acceptors (Lipinski definition) is 3. The molecule has 4 nitrogen and oxygen atoms in total. The first-order chi connectivity index (χ1) is 12.1. The molecular formula is C21H26N2O2. The number of nitrogens with zero attached hydrogens (tertiary/aromatic N) is 1. The number of carbonyl (C=O) groups excluding carboxylic acids is 1. The lowest BCUT2D eigenvalue weighted by Gasteiger charge is -2.30. The molecular weight excluding hydrogens is 312 g/mol. The fraction of sp³-hybridized carbons (Fsp3) is 0.429. The number of aryl methyl sites for hydroxylation is 1. The molecule has 0 spiro atoms. The number of pyridine rings is 1. The molecule has 132 valence electrons. The van der Waals surface area contributed by atoms with E-state index in [1.807, 2.05) is 56.3 Å². The van der Waals surface area contributed by atoms with E-state index < -0.39 is 0 Å². The Morgan fingerprint density at radius 1 is 1.12 bits per heavy atom. The van der Waals surface area contributed by atoms with Gasteiger partial charge in [-0.2, -0.15) is 0 Å². The normalized spacial score (nSPS) is 21.4. The molecule has 4 heteroatoms. The SMILES string of the molecule is Cc1ncccc1OC1CCC(NC(=O)C(C)c2ccccc2)CC1. The molecule has 1 N–H and O–H groups in total. The van der Waals surface area contributed by atoms with Crippen molar-refractivity contribution in [2.75, 3.05) is 0 Å². The van der Waals surface area contributed by atoms with Crippen LogP contribution in [0.5, 0.6) is 5.75 Å². The average molecular weight is 338 g/mol. The zero-order valence-corrected chi connectivity index (χ0v) is 14.9. The molecule has 0 bridgehead atoms. The molecule has 0 aliphatic heterocycles. The number of nitrogens with one attached hydrogen (secondary N) is 1. The number of rotatable bonds is 5. The summed E-state index contributed by atoms with van der Waals surface area (Å²) in [5.74, 6) is 0.861. The van der Waals surface area contributed by atoms with Crippen molar-refractivity contribution in [3.05, 3.63) is 59.9 Å². The smallest absolute Gasteiger partial charge is 0.227 e. The highest BCUT2D eigenvalue weighted by Gasteiger charge is 2.25. The number of carbonyl (C=O) groups is 1. The van der Waals surface area contributed by atoms with Gasteiger partial charge in [0.2, 0.25) is 5.91 Å². The summed E-state index contributed by atoms with van der Waals surface area (Å²) in [4.78, 5) is 16.7. The molecule has 1 fully saturated rings. The third-order valence-corrected chi connectivity index (χ3v) is 4.97. The van der Waals surface area contributed by atoms with Gasteiger partial charge in [0.1, 0.15) is 5.75 Å². The zero-order chi connectivity index (χ0) is 17.6. The summed E-state index contributed by atoms with van der Waals surface area (Å²) in [5.41, 5.74) is 1.98. The number of aromatic nitrogens is 1. The van der Waals surface area contributed by atoms with Crippen molar-refractivity contribution in [1.29, 1.82) is 0 Å². The van der Waals surface area contributed by atoms with Crippen LogP contribution in [0.25, 0.3) is 0 Å². The lowest BCUT2D eigenvalue weighted by Crippen LogP contribution is -2.41. The predicted molar refractivity (Wildman–Crippen MR) is 98.6 cm³/mol. The van der Waals surface area contributed by atoms with E-state index in [-0.39, 0.29) is 24.0 Å². The molecule has 0 saturated heterocycles. The van der Waals surface area contributed by atoms with Crippen molar-refractivity contribution >= 4 is 5.91 Å². The summed E-state index contributed by atoms with van der Waals surface area (Å²) in [6, 6.07) is 14.0. The molecule has 0 radical (unpaired) electrons. The minimum atomic E-state index is -0.117. The molecule has 1 saturated carbocycles. The van der Waals surface area contributed by atoms with Crippen LogP contribution < -0.4 is 10.1 Å². The number of hydrogen-bond donors (Lipinski definition) is 1. The molecule has 1 unspecified atom stereocenters. The second-order valence-corrected chi connectivity index (χ2v) is 6.82. The van der Waals surface area contributed by atoms with Gasteiger partial charge in [-0.25, -0.2) is 0 Å². The van der Waals surface area contributed by atoms with Gasteiger partial charge in [-0.3, -0.25) is 9.78 Å². The van der Waals surface area contributed by atoms with Crippen LogP contribution in [0.1, 0.15) is 49.8 Å². The Labute approximate surface area is 149 Å². The Bertz CT molecular complexity index is 694. The summed E-state index contributed by atoms with van der Waals surface area (Å²) >= 11 is 0. The molecule has 3 rings (SSSR count). The van der Waals surface area contributed by atoms with Crippen molar-refractivity contribution in [2.24, 2.45) is 0 Å². The van der Waals surface area contributed by atoms with Gasteiger partial charge in [-0.1, -0.05) is 30.3 Å². The topological polar surface area (TPSA) is 51.2 Å². The Hall–Kier alpha value is -2.36. The molecule has 1 aliphatic rings. The third-order valence-electron chi connectivity index (χ3n) is 4.97. The molecule has 1 aliphatic carbocycles. The van der Waals surface area contributed by atoms with Gasteiger partial charge in [-0.15, -0.1) is 0 Å². The van der Waals surface area contributed by atoms with Crippen LogP contribution in [-0.2, 0) is 4.79 Å². The standard InChI is InChI=1S/C21H26N2O2/c1-15(17-7-4-3-5-8-17)21(24)23-18-10-12-19(13-11-18)25-20-9-6-14-22-16(20)2/h3-9,14-15,18-19H,10-13H2,1-2H3,(H,23,24). The Morgan fingerprint density at radius 3 is 2.52 bits per heavy atom. The fourth-order valence-corrected chi connectivity index (χ4v) is 3.32. The van der Waals surface area contributed by atoms with E-state index in [4.69, 9.17) is 4.74 Å². The van der Waals surface area contributed by atoms with Crippen LogP contribution in [0.2, 0.25) is 0 Å². The maximum absolute atomic E-state index is 12.5. The number of benzene rings is 1. The lowest BCUT2D eigenvalue weighted by molar-refractivity contribution is -0.123. The van der Waals surface area contributed by atoms with Gasteiger partial charge in [0.15, 0.2) is 0 Å². The predicted octanol–water partition coefficient (Wildman–Crippen LogP) is 4.00. The monoisotopic (exact) mass is 338 g/mol.